The maximum absolute atomic E-state index is 13.8. The van der Waals surface area contributed by atoms with Gasteiger partial charge in [-0.2, -0.15) is 0 Å². The van der Waals surface area contributed by atoms with E-state index in [9.17, 15) is 19.5 Å². The van der Waals surface area contributed by atoms with Crippen LogP contribution in [0, 0.1) is 5.92 Å². The van der Waals surface area contributed by atoms with Crippen LogP contribution in [0.1, 0.15) is 45.7 Å². The summed E-state index contributed by atoms with van der Waals surface area (Å²) < 4.78 is 5.25. The largest absolute Gasteiger partial charge is 0.508 e. The summed E-state index contributed by atoms with van der Waals surface area (Å²) in [7, 11) is 0. The molecule has 0 saturated heterocycles. The zero-order valence-electron chi connectivity index (χ0n) is 21.5. The number of aromatic hydroxyl groups is 1. The predicted octanol–water partition coefficient (Wildman–Crippen LogP) is 4.99. The number of carbonyl (C=O) groups is 3. The van der Waals surface area contributed by atoms with Crippen molar-refractivity contribution in [1.29, 1.82) is 0 Å². The number of fused-ring (bicyclic) bond motifs is 1. The van der Waals surface area contributed by atoms with Gasteiger partial charge in [-0.05, 0) is 73.7 Å². The minimum atomic E-state index is -1.01. The second kappa shape index (κ2) is 10.5. The molecular weight excluding hydrogens is 470 g/mol. The minimum Gasteiger partial charge on any atom is -0.508 e. The van der Waals surface area contributed by atoms with Crippen molar-refractivity contribution in [3.8, 4) is 5.75 Å². The fourth-order valence-electron chi connectivity index (χ4n) is 4.37. The van der Waals surface area contributed by atoms with E-state index in [1.807, 2.05) is 49.4 Å². The van der Waals surface area contributed by atoms with E-state index in [1.54, 1.807) is 32.9 Å². The van der Waals surface area contributed by atoms with Crippen LogP contribution in [0.15, 0.2) is 66.7 Å². The number of nitrogens with zero attached hydrogens (tertiary/aromatic N) is 1. The van der Waals surface area contributed by atoms with Gasteiger partial charge < -0.3 is 25.4 Å². The molecule has 8 nitrogen and oxygen atoms in total. The van der Waals surface area contributed by atoms with Crippen molar-refractivity contribution >= 4 is 34.4 Å². The highest BCUT2D eigenvalue weighted by molar-refractivity contribution is 6.00. The summed E-state index contributed by atoms with van der Waals surface area (Å²) in [5.41, 5.74) is 0.363. The molecular formula is C29H33N3O5. The Balaban J connectivity index is 1.62. The van der Waals surface area contributed by atoms with E-state index >= 15 is 0 Å². The van der Waals surface area contributed by atoms with Crippen LogP contribution in [-0.4, -0.2) is 46.1 Å². The zero-order chi connectivity index (χ0) is 26.7. The normalized spacial score (nSPS) is 17.5. The Kier molecular flexibility index (Phi) is 7.38. The fourth-order valence-corrected chi connectivity index (χ4v) is 4.37. The van der Waals surface area contributed by atoms with Crippen LogP contribution in [0.3, 0.4) is 0 Å². The number of nitrogens with one attached hydrogen (secondary N) is 2. The third-order valence-electron chi connectivity index (χ3n) is 6.22. The van der Waals surface area contributed by atoms with E-state index in [-0.39, 0.29) is 24.3 Å². The zero-order valence-corrected chi connectivity index (χ0v) is 21.5. The molecule has 3 aromatic carbocycles. The molecule has 37 heavy (non-hydrogen) atoms. The monoisotopic (exact) mass is 503 g/mol. The molecule has 1 saturated carbocycles. The van der Waals surface area contributed by atoms with Crippen LogP contribution in [0.2, 0.25) is 0 Å². The lowest BCUT2D eigenvalue weighted by Crippen LogP contribution is -2.48. The second-order valence-electron chi connectivity index (χ2n) is 10.5. The van der Waals surface area contributed by atoms with Crippen LogP contribution in [0.5, 0.6) is 5.75 Å². The number of rotatable bonds is 7. The standard InChI is InChI=1S/C29H33N3O5/c1-18-14-24(18)32(25(34)17-30-28(36)37-29(2,3)4)26(21-10-7-11-23(33)16-21)27(35)31-22-13-12-19-8-5-6-9-20(19)15-22/h5-13,15-16,18,24,26,33H,14,17H2,1-4H3,(H,30,36)(H,31,35). The van der Waals surface area contributed by atoms with E-state index in [1.165, 1.54) is 17.0 Å². The quantitative estimate of drug-likeness (QED) is 0.421. The average molecular weight is 504 g/mol. The summed E-state index contributed by atoms with van der Waals surface area (Å²) in [4.78, 5) is 41.0. The Morgan fingerprint density at radius 3 is 2.38 bits per heavy atom. The molecule has 194 valence electrons. The van der Waals surface area contributed by atoms with Crippen LogP contribution < -0.4 is 10.6 Å². The van der Waals surface area contributed by atoms with Gasteiger partial charge in [-0.15, -0.1) is 0 Å². The van der Waals surface area contributed by atoms with Gasteiger partial charge in [0.25, 0.3) is 5.91 Å². The van der Waals surface area contributed by atoms with Crippen molar-refractivity contribution in [2.75, 3.05) is 11.9 Å². The van der Waals surface area contributed by atoms with Crippen molar-refractivity contribution in [2.45, 2.75) is 51.8 Å². The molecule has 4 rings (SSSR count). The highest BCUT2D eigenvalue weighted by Crippen LogP contribution is 2.41. The van der Waals surface area contributed by atoms with E-state index < -0.39 is 29.6 Å². The van der Waals surface area contributed by atoms with Crippen LogP contribution in [-0.2, 0) is 14.3 Å². The van der Waals surface area contributed by atoms with Gasteiger partial charge in [0.05, 0.1) is 0 Å². The van der Waals surface area contributed by atoms with Crippen molar-refractivity contribution in [3.05, 3.63) is 72.3 Å². The van der Waals surface area contributed by atoms with Crippen molar-refractivity contribution in [1.82, 2.24) is 10.2 Å². The summed E-state index contributed by atoms with van der Waals surface area (Å²) in [6.45, 7) is 6.90. The van der Waals surface area contributed by atoms with Crippen molar-refractivity contribution < 1.29 is 24.2 Å². The summed E-state index contributed by atoms with van der Waals surface area (Å²) in [6.07, 6.45) is 0.0238. The second-order valence-corrected chi connectivity index (χ2v) is 10.5. The summed E-state index contributed by atoms with van der Waals surface area (Å²) in [5, 5.41) is 17.6. The number of phenols is 1. The van der Waals surface area contributed by atoms with E-state index in [0.717, 1.165) is 17.2 Å². The molecule has 1 aliphatic carbocycles. The van der Waals surface area contributed by atoms with Gasteiger partial charge in [-0.1, -0.05) is 49.4 Å². The smallest absolute Gasteiger partial charge is 0.408 e. The van der Waals surface area contributed by atoms with Crippen LogP contribution in [0.4, 0.5) is 10.5 Å². The Morgan fingerprint density at radius 1 is 1.03 bits per heavy atom. The predicted molar refractivity (Wildman–Crippen MR) is 142 cm³/mol. The third kappa shape index (κ3) is 6.58. The first-order valence-corrected chi connectivity index (χ1v) is 12.4. The molecule has 3 atom stereocenters. The Labute approximate surface area is 216 Å². The molecule has 0 heterocycles. The molecule has 0 aromatic heterocycles. The number of amides is 3. The number of phenolic OH excluding ortho intramolecular Hbond substituents is 1. The molecule has 3 unspecified atom stereocenters. The van der Waals surface area contributed by atoms with E-state index in [0.29, 0.717) is 11.3 Å². The van der Waals surface area contributed by atoms with Gasteiger partial charge in [-0.25, -0.2) is 4.79 Å². The molecule has 3 N–H and O–H groups in total. The topological polar surface area (TPSA) is 108 Å². The van der Waals surface area contributed by atoms with Gasteiger partial charge in [0.1, 0.15) is 23.9 Å². The third-order valence-corrected chi connectivity index (χ3v) is 6.22. The van der Waals surface area contributed by atoms with Gasteiger partial charge >= 0.3 is 6.09 Å². The average Bonchev–Trinajstić information content (AvgIpc) is 3.55. The van der Waals surface area contributed by atoms with Gasteiger partial charge in [0, 0.05) is 11.7 Å². The number of benzene rings is 3. The summed E-state index contributed by atoms with van der Waals surface area (Å²) in [5.74, 6) is -0.643. The molecule has 3 amide bonds. The molecule has 1 aliphatic rings. The van der Waals surface area contributed by atoms with Gasteiger partial charge in [0.15, 0.2) is 0 Å². The number of ether oxygens (including phenoxy) is 1. The molecule has 0 bridgehead atoms. The summed E-state index contributed by atoms with van der Waals surface area (Å²) in [6, 6.07) is 18.6. The van der Waals surface area contributed by atoms with E-state index in [4.69, 9.17) is 4.74 Å². The molecule has 0 radical (unpaired) electrons. The maximum Gasteiger partial charge on any atom is 0.408 e. The lowest BCUT2D eigenvalue weighted by Gasteiger charge is -2.32. The Hall–Kier alpha value is -4.07. The van der Waals surface area contributed by atoms with Crippen molar-refractivity contribution in [2.24, 2.45) is 5.92 Å². The minimum absolute atomic E-state index is 0.0101. The Morgan fingerprint density at radius 2 is 1.73 bits per heavy atom. The molecule has 3 aromatic rings. The highest BCUT2D eigenvalue weighted by Gasteiger charge is 2.46. The van der Waals surface area contributed by atoms with Crippen molar-refractivity contribution in [3.63, 3.8) is 0 Å². The number of hydrogen-bond acceptors (Lipinski definition) is 5. The first-order valence-electron chi connectivity index (χ1n) is 12.4. The van der Waals surface area contributed by atoms with Gasteiger partial charge in [-0.3, -0.25) is 9.59 Å². The number of alkyl carbamates (subject to hydrolysis) is 1. The first kappa shape index (κ1) is 26.0. The molecule has 8 heteroatoms. The first-order chi connectivity index (χ1) is 17.5. The maximum atomic E-state index is 13.8. The number of anilines is 1. The lowest BCUT2D eigenvalue weighted by atomic mass is 10.0. The number of hydrogen-bond donors (Lipinski definition) is 3. The molecule has 0 aliphatic heterocycles. The Bertz CT molecular complexity index is 1320. The van der Waals surface area contributed by atoms with Gasteiger partial charge in [0.2, 0.25) is 5.91 Å². The molecule has 1 fully saturated rings. The van der Waals surface area contributed by atoms with Crippen LogP contribution >= 0.6 is 0 Å². The van der Waals surface area contributed by atoms with E-state index in [2.05, 4.69) is 10.6 Å². The molecule has 0 spiro atoms. The lowest BCUT2D eigenvalue weighted by molar-refractivity contribution is -0.139. The van der Waals surface area contributed by atoms with Crippen LogP contribution in [0.25, 0.3) is 10.8 Å². The number of carbonyl (C=O) groups excluding carboxylic acids is 3. The highest BCUT2D eigenvalue weighted by atomic mass is 16.6. The SMILES string of the molecule is CC1CC1N(C(=O)CNC(=O)OC(C)(C)C)C(C(=O)Nc1ccc2ccccc2c1)c1cccc(O)c1. The summed E-state index contributed by atoms with van der Waals surface area (Å²) >= 11 is 0. The fraction of sp³-hybridized carbons (Fsp3) is 0.345.